The van der Waals surface area contributed by atoms with Crippen molar-refractivity contribution < 1.29 is 13.6 Å². The summed E-state index contributed by atoms with van der Waals surface area (Å²) in [4.78, 5) is 11.6. The standard InChI is InChI=1S/C12H14F2N2O/c1-7(12(17)16-9-3-4-9)15-11-6-8(13)2-5-10(11)14/h2,5-7,9,15H,3-4H2,1H3,(H,16,17). The Morgan fingerprint density at radius 3 is 2.76 bits per heavy atom. The van der Waals surface area contributed by atoms with E-state index in [0.29, 0.717) is 0 Å². The Labute approximate surface area is 98.2 Å². The molecule has 92 valence electrons. The second-order valence-corrected chi connectivity index (χ2v) is 4.27. The fourth-order valence-electron chi connectivity index (χ4n) is 1.46. The van der Waals surface area contributed by atoms with Crippen molar-refractivity contribution in [3.8, 4) is 0 Å². The number of carbonyl (C=O) groups excluding carboxylic acids is 1. The summed E-state index contributed by atoms with van der Waals surface area (Å²) >= 11 is 0. The quantitative estimate of drug-likeness (QED) is 0.845. The number of amides is 1. The molecule has 0 radical (unpaired) electrons. The molecule has 1 amide bonds. The second-order valence-electron chi connectivity index (χ2n) is 4.27. The monoisotopic (exact) mass is 240 g/mol. The van der Waals surface area contributed by atoms with Crippen LogP contribution < -0.4 is 10.6 Å². The van der Waals surface area contributed by atoms with E-state index >= 15 is 0 Å². The lowest BCUT2D eigenvalue weighted by atomic mass is 10.2. The lowest BCUT2D eigenvalue weighted by Gasteiger charge is -2.15. The van der Waals surface area contributed by atoms with Crippen molar-refractivity contribution in [1.82, 2.24) is 5.32 Å². The lowest BCUT2D eigenvalue weighted by molar-refractivity contribution is -0.121. The van der Waals surface area contributed by atoms with Crippen LogP contribution >= 0.6 is 0 Å². The third-order valence-corrected chi connectivity index (χ3v) is 2.62. The Hall–Kier alpha value is -1.65. The summed E-state index contributed by atoms with van der Waals surface area (Å²) in [5.41, 5.74) is 0.00319. The van der Waals surface area contributed by atoms with Gasteiger partial charge in [-0.05, 0) is 38.0 Å². The fraction of sp³-hybridized carbons (Fsp3) is 0.417. The molecule has 1 atom stereocenters. The van der Waals surface area contributed by atoms with E-state index in [2.05, 4.69) is 10.6 Å². The van der Waals surface area contributed by atoms with Crippen LogP contribution in [-0.4, -0.2) is 18.0 Å². The maximum Gasteiger partial charge on any atom is 0.242 e. The van der Waals surface area contributed by atoms with E-state index in [9.17, 15) is 13.6 Å². The number of carbonyl (C=O) groups is 1. The molecule has 17 heavy (non-hydrogen) atoms. The van der Waals surface area contributed by atoms with Crippen molar-refractivity contribution in [2.24, 2.45) is 0 Å². The predicted octanol–water partition coefficient (Wildman–Crippen LogP) is 2.04. The van der Waals surface area contributed by atoms with Gasteiger partial charge in [0, 0.05) is 6.04 Å². The van der Waals surface area contributed by atoms with Gasteiger partial charge in [-0.1, -0.05) is 0 Å². The van der Waals surface area contributed by atoms with E-state index in [-0.39, 0.29) is 17.6 Å². The lowest BCUT2D eigenvalue weighted by Crippen LogP contribution is -2.38. The van der Waals surface area contributed by atoms with E-state index in [0.717, 1.165) is 31.0 Å². The molecule has 1 unspecified atom stereocenters. The van der Waals surface area contributed by atoms with Gasteiger partial charge in [0.15, 0.2) is 0 Å². The Morgan fingerprint density at radius 2 is 2.12 bits per heavy atom. The highest BCUT2D eigenvalue weighted by molar-refractivity contribution is 5.84. The van der Waals surface area contributed by atoms with Gasteiger partial charge in [-0.25, -0.2) is 8.78 Å². The first-order valence-corrected chi connectivity index (χ1v) is 5.58. The molecule has 1 fully saturated rings. The van der Waals surface area contributed by atoms with Crippen LogP contribution in [0.3, 0.4) is 0 Å². The molecular formula is C12H14F2N2O. The van der Waals surface area contributed by atoms with Crippen LogP contribution in [0.1, 0.15) is 19.8 Å². The van der Waals surface area contributed by atoms with Crippen molar-refractivity contribution in [1.29, 1.82) is 0 Å². The summed E-state index contributed by atoms with van der Waals surface area (Å²) in [5.74, 6) is -1.31. The molecule has 1 aromatic carbocycles. The van der Waals surface area contributed by atoms with Gasteiger partial charge in [0.1, 0.15) is 17.7 Å². The molecule has 0 spiro atoms. The van der Waals surface area contributed by atoms with Gasteiger partial charge in [-0.15, -0.1) is 0 Å². The van der Waals surface area contributed by atoms with E-state index in [4.69, 9.17) is 0 Å². The van der Waals surface area contributed by atoms with Crippen molar-refractivity contribution in [2.45, 2.75) is 31.8 Å². The van der Waals surface area contributed by atoms with Gasteiger partial charge in [0.25, 0.3) is 0 Å². The zero-order valence-corrected chi connectivity index (χ0v) is 9.47. The maximum absolute atomic E-state index is 13.3. The van der Waals surface area contributed by atoms with E-state index in [1.807, 2.05) is 0 Å². The molecule has 1 aliphatic rings. The first kappa shape index (κ1) is 11.8. The molecule has 0 saturated heterocycles. The van der Waals surface area contributed by atoms with Gasteiger partial charge in [-0.2, -0.15) is 0 Å². The molecule has 1 saturated carbocycles. The Kier molecular flexibility index (Phi) is 3.26. The zero-order chi connectivity index (χ0) is 12.4. The molecule has 2 rings (SSSR count). The predicted molar refractivity (Wildman–Crippen MR) is 60.6 cm³/mol. The minimum Gasteiger partial charge on any atom is -0.371 e. The highest BCUT2D eigenvalue weighted by Gasteiger charge is 2.25. The average Bonchev–Trinajstić information content (AvgIpc) is 3.07. The number of hydrogen-bond donors (Lipinski definition) is 2. The normalized spacial score (nSPS) is 16.4. The molecule has 0 aromatic heterocycles. The van der Waals surface area contributed by atoms with Crippen molar-refractivity contribution in [3.63, 3.8) is 0 Å². The molecule has 0 aliphatic heterocycles. The smallest absolute Gasteiger partial charge is 0.242 e. The molecule has 0 heterocycles. The van der Waals surface area contributed by atoms with E-state index in [1.165, 1.54) is 0 Å². The van der Waals surface area contributed by atoms with Crippen molar-refractivity contribution in [3.05, 3.63) is 29.8 Å². The Balaban J connectivity index is 1.98. The van der Waals surface area contributed by atoms with Crippen molar-refractivity contribution >= 4 is 11.6 Å². The number of nitrogens with one attached hydrogen (secondary N) is 2. The Morgan fingerprint density at radius 1 is 1.41 bits per heavy atom. The van der Waals surface area contributed by atoms with Crippen molar-refractivity contribution in [2.75, 3.05) is 5.32 Å². The van der Waals surface area contributed by atoms with Gasteiger partial charge in [-0.3, -0.25) is 4.79 Å². The van der Waals surface area contributed by atoms with Crippen LogP contribution in [0.2, 0.25) is 0 Å². The van der Waals surface area contributed by atoms with E-state index < -0.39 is 17.7 Å². The third-order valence-electron chi connectivity index (χ3n) is 2.62. The fourth-order valence-corrected chi connectivity index (χ4v) is 1.46. The molecule has 0 bridgehead atoms. The molecule has 3 nitrogen and oxygen atoms in total. The molecular weight excluding hydrogens is 226 g/mol. The zero-order valence-electron chi connectivity index (χ0n) is 9.47. The number of hydrogen-bond acceptors (Lipinski definition) is 2. The van der Waals surface area contributed by atoms with Crippen LogP contribution in [0.4, 0.5) is 14.5 Å². The van der Waals surface area contributed by atoms with Crippen LogP contribution in [0.25, 0.3) is 0 Å². The second kappa shape index (κ2) is 4.69. The first-order chi connectivity index (χ1) is 8.06. The first-order valence-electron chi connectivity index (χ1n) is 5.58. The largest absolute Gasteiger partial charge is 0.371 e. The summed E-state index contributed by atoms with van der Waals surface area (Å²) in [5, 5.41) is 5.45. The molecule has 5 heteroatoms. The number of rotatable bonds is 4. The summed E-state index contributed by atoms with van der Waals surface area (Å²) < 4.78 is 26.2. The number of anilines is 1. The Bertz CT molecular complexity index is 433. The number of benzene rings is 1. The number of halogens is 2. The van der Waals surface area contributed by atoms with E-state index in [1.54, 1.807) is 6.92 Å². The highest BCUT2D eigenvalue weighted by atomic mass is 19.1. The van der Waals surface area contributed by atoms with Gasteiger partial charge >= 0.3 is 0 Å². The molecule has 1 aliphatic carbocycles. The summed E-state index contributed by atoms with van der Waals surface area (Å²) in [6.07, 6.45) is 1.99. The van der Waals surface area contributed by atoms with Crippen LogP contribution in [0.5, 0.6) is 0 Å². The summed E-state index contributed by atoms with van der Waals surface area (Å²) in [7, 11) is 0. The molecule has 2 N–H and O–H groups in total. The van der Waals surface area contributed by atoms with Crippen LogP contribution in [0, 0.1) is 11.6 Å². The average molecular weight is 240 g/mol. The van der Waals surface area contributed by atoms with Gasteiger partial charge in [0.05, 0.1) is 5.69 Å². The topological polar surface area (TPSA) is 41.1 Å². The summed E-state index contributed by atoms with van der Waals surface area (Å²) in [6.45, 7) is 1.61. The van der Waals surface area contributed by atoms with Crippen LogP contribution in [-0.2, 0) is 4.79 Å². The maximum atomic E-state index is 13.3. The minimum absolute atomic E-state index is 0.00319. The van der Waals surface area contributed by atoms with Gasteiger partial charge in [0.2, 0.25) is 5.91 Å². The molecule has 1 aromatic rings. The SMILES string of the molecule is CC(Nc1cc(F)ccc1F)C(=O)NC1CC1. The highest BCUT2D eigenvalue weighted by Crippen LogP contribution is 2.20. The van der Waals surface area contributed by atoms with Crippen LogP contribution in [0.15, 0.2) is 18.2 Å². The summed E-state index contributed by atoms with van der Waals surface area (Å²) in [6, 6.07) is 2.77. The minimum atomic E-state index is -0.591. The third kappa shape index (κ3) is 3.15. The van der Waals surface area contributed by atoms with Gasteiger partial charge < -0.3 is 10.6 Å².